The third kappa shape index (κ3) is 5.04. The molecule has 2 atom stereocenters. The van der Waals surface area contributed by atoms with E-state index < -0.39 is 0 Å². The number of hydrogen-bond donors (Lipinski definition) is 2. The second-order valence-electron chi connectivity index (χ2n) is 5.33. The maximum atomic E-state index is 5.54. The second-order valence-corrected chi connectivity index (χ2v) is 5.33. The van der Waals surface area contributed by atoms with Gasteiger partial charge in [0.25, 0.3) is 0 Å². The van der Waals surface area contributed by atoms with E-state index in [0.717, 1.165) is 12.3 Å². The lowest BCUT2D eigenvalue weighted by Gasteiger charge is -2.12. The van der Waals surface area contributed by atoms with Gasteiger partial charge < -0.3 is 15.1 Å². The Morgan fingerprint density at radius 2 is 1.83 bits per heavy atom. The number of anilines is 1. The topological polar surface area (TPSA) is 63.0 Å². The number of rotatable bonds is 8. The molecule has 0 saturated carbocycles. The van der Waals surface area contributed by atoms with Gasteiger partial charge in [-0.25, -0.2) is 0 Å². The molecule has 1 heterocycles. The zero-order valence-electron chi connectivity index (χ0n) is 12.2. The van der Waals surface area contributed by atoms with Crippen molar-refractivity contribution in [3.8, 4) is 0 Å². The Hall–Kier alpha value is -1.10. The molecule has 104 valence electrons. The summed E-state index contributed by atoms with van der Waals surface area (Å²) in [5.74, 6) is 1.39. The van der Waals surface area contributed by atoms with Gasteiger partial charge in [0.05, 0.1) is 6.04 Å². The zero-order valence-corrected chi connectivity index (χ0v) is 12.2. The molecule has 0 saturated heterocycles. The van der Waals surface area contributed by atoms with Gasteiger partial charge in [0, 0.05) is 6.04 Å². The number of hydrogen-bond acceptors (Lipinski definition) is 5. The fourth-order valence-electron chi connectivity index (χ4n) is 1.71. The van der Waals surface area contributed by atoms with Crippen LogP contribution in [0.2, 0.25) is 0 Å². The van der Waals surface area contributed by atoms with Crippen LogP contribution in [0.3, 0.4) is 0 Å². The van der Waals surface area contributed by atoms with Crippen molar-refractivity contribution in [2.75, 3.05) is 12.4 Å². The molecule has 0 aromatic carbocycles. The van der Waals surface area contributed by atoms with E-state index in [9.17, 15) is 0 Å². The average molecular weight is 254 g/mol. The highest BCUT2D eigenvalue weighted by Gasteiger charge is 2.13. The number of aromatic nitrogens is 2. The Kier molecular flexibility index (Phi) is 6.12. The van der Waals surface area contributed by atoms with E-state index in [2.05, 4.69) is 41.6 Å². The molecule has 2 unspecified atom stereocenters. The van der Waals surface area contributed by atoms with E-state index >= 15 is 0 Å². The lowest BCUT2D eigenvalue weighted by atomic mass is 10.0. The van der Waals surface area contributed by atoms with E-state index in [-0.39, 0.29) is 6.04 Å². The summed E-state index contributed by atoms with van der Waals surface area (Å²) in [6, 6.07) is 0.968. The minimum Gasteiger partial charge on any atom is -0.406 e. The molecule has 1 aromatic heterocycles. The van der Waals surface area contributed by atoms with E-state index in [4.69, 9.17) is 4.42 Å². The van der Waals surface area contributed by atoms with Crippen molar-refractivity contribution in [1.82, 2.24) is 15.5 Å². The molecular weight excluding hydrogens is 228 g/mol. The van der Waals surface area contributed by atoms with Crippen LogP contribution in [0.5, 0.6) is 0 Å². The Labute approximate surface area is 110 Å². The molecule has 0 radical (unpaired) electrons. The Morgan fingerprint density at radius 3 is 2.44 bits per heavy atom. The van der Waals surface area contributed by atoms with Crippen LogP contribution in [0.25, 0.3) is 0 Å². The molecule has 1 rings (SSSR count). The largest absolute Gasteiger partial charge is 0.406 e. The van der Waals surface area contributed by atoms with Crippen LogP contribution < -0.4 is 10.6 Å². The molecule has 2 N–H and O–H groups in total. The van der Waals surface area contributed by atoms with Crippen LogP contribution in [-0.4, -0.2) is 23.3 Å². The molecule has 0 fully saturated rings. The van der Waals surface area contributed by atoms with Crippen LogP contribution in [0.15, 0.2) is 4.42 Å². The van der Waals surface area contributed by atoms with Crippen molar-refractivity contribution >= 4 is 6.01 Å². The molecule has 0 bridgehead atoms. The monoisotopic (exact) mass is 254 g/mol. The van der Waals surface area contributed by atoms with Crippen LogP contribution in [0.4, 0.5) is 6.01 Å². The van der Waals surface area contributed by atoms with Gasteiger partial charge in [-0.2, -0.15) is 0 Å². The van der Waals surface area contributed by atoms with Crippen molar-refractivity contribution in [2.24, 2.45) is 5.92 Å². The lowest BCUT2D eigenvalue weighted by Crippen LogP contribution is -2.15. The maximum absolute atomic E-state index is 5.54. The molecule has 0 aliphatic carbocycles. The van der Waals surface area contributed by atoms with Gasteiger partial charge in [0.2, 0.25) is 5.89 Å². The summed E-state index contributed by atoms with van der Waals surface area (Å²) in [6.07, 6.45) is 3.61. The summed E-state index contributed by atoms with van der Waals surface area (Å²) in [7, 11) is 1.87. The fraction of sp³-hybridized carbons (Fsp3) is 0.846. The normalized spacial score (nSPS) is 14.8. The summed E-state index contributed by atoms with van der Waals surface area (Å²) < 4.78 is 5.54. The second kappa shape index (κ2) is 7.36. The average Bonchev–Trinajstić information content (AvgIpc) is 2.76. The Morgan fingerprint density at radius 1 is 1.11 bits per heavy atom. The van der Waals surface area contributed by atoms with Crippen molar-refractivity contribution in [2.45, 2.75) is 59.0 Å². The van der Waals surface area contributed by atoms with Gasteiger partial charge in [-0.15, -0.1) is 5.10 Å². The highest BCUT2D eigenvalue weighted by atomic mass is 16.4. The van der Waals surface area contributed by atoms with Gasteiger partial charge in [0.1, 0.15) is 0 Å². The summed E-state index contributed by atoms with van der Waals surface area (Å²) >= 11 is 0. The molecule has 0 amide bonds. The SMILES string of the molecule is CNC(C)c1nnc(NC(C)CCCC(C)C)o1. The van der Waals surface area contributed by atoms with E-state index in [1.54, 1.807) is 0 Å². The predicted molar refractivity (Wildman–Crippen MR) is 73.5 cm³/mol. The molecule has 0 aliphatic heterocycles. The Bertz CT molecular complexity index is 337. The summed E-state index contributed by atoms with van der Waals surface area (Å²) in [5.41, 5.74) is 0. The third-order valence-corrected chi connectivity index (χ3v) is 3.03. The predicted octanol–water partition coefficient (Wildman–Crippen LogP) is 2.98. The smallest absolute Gasteiger partial charge is 0.315 e. The minimum atomic E-state index is 0.0873. The van der Waals surface area contributed by atoms with Crippen molar-refractivity contribution in [3.05, 3.63) is 5.89 Å². The molecule has 0 aliphatic rings. The highest BCUT2D eigenvalue weighted by molar-refractivity contribution is 5.19. The van der Waals surface area contributed by atoms with E-state index in [1.807, 2.05) is 14.0 Å². The van der Waals surface area contributed by atoms with Crippen LogP contribution >= 0.6 is 0 Å². The van der Waals surface area contributed by atoms with Crippen molar-refractivity contribution < 1.29 is 4.42 Å². The van der Waals surface area contributed by atoms with Crippen molar-refractivity contribution in [3.63, 3.8) is 0 Å². The molecule has 5 nitrogen and oxygen atoms in total. The first-order valence-electron chi connectivity index (χ1n) is 6.80. The minimum absolute atomic E-state index is 0.0873. The van der Waals surface area contributed by atoms with Gasteiger partial charge >= 0.3 is 6.01 Å². The first-order chi connectivity index (χ1) is 8.52. The fourth-order valence-corrected chi connectivity index (χ4v) is 1.71. The van der Waals surface area contributed by atoms with Gasteiger partial charge in [0.15, 0.2) is 0 Å². The standard InChI is InChI=1S/C13H26N4O/c1-9(2)7-6-8-10(3)15-13-17-16-12(18-13)11(4)14-5/h9-11,14H,6-8H2,1-5H3,(H,15,17). The first-order valence-corrected chi connectivity index (χ1v) is 6.80. The van der Waals surface area contributed by atoms with E-state index in [0.29, 0.717) is 17.9 Å². The maximum Gasteiger partial charge on any atom is 0.315 e. The Balaban J connectivity index is 2.35. The molecule has 1 aromatic rings. The quantitative estimate of drug-likeness (QED) is 0.746. The molecular formula is C13H26N4O. The third-order valence-electron chi connectivity index (χ3n) is 3.03. The van der Waals surface area contributed by atoms with Crippen LogP contribution in [0, 0.1) is 5.92 Å². The number of nitrogens with one attached hydrogen (secondary N) is 2. The summed E-state index contributed by atoms with van der Waals surface area (Å²) in [4.78, 5) is 0. The summed E-state index contributed by atoms with van der Waals surface area (Å²) in [5, 5.41) is 14.3. The highest BCUT2D eigenvalue weighted by Crippen LogP contribution is 2.15. The van der Waals surface area contributed by atoms with Crippen LogP contribution in [0.1, 0.15) is 58.9 Å². The molecule has 18 heavy (non-hydrogen) atoms. The van der Waals surface area contributed by atoms with Gasteiger partial charge in [-0.1, -0.05) is 31.8 Å². The molecule has 5 heteroatoms. The van der Waals surface area contributed by atoms with Gasteiger partial charge in [-0.05, 0) is 33.2 Å². The number of nitrogens with zero attached hydrogens (tertiary/aromatic N) is 2. The van der Waals surface area contributed by atoms with Gasteiger partial charge in [-0.3, -0.25) is 0 Å². The first kappa shape index (κ1) is 15.0. The zero-order chi connectivity index (χ0) is 13.5. The summed E-state index contributed by atoms with van der Waals surface area (Å²) in [6.45, 7) is 8.64. The molecule has 0 spiro atoms. The van der Waals surface area contributed by atoms with E-state index in [1.165, 1.54) is 12.8 Å². The lowest BCUT2D eigenvalue weighted by molar-refractivity contribution is 0.436. The van der Waals surface area contributed by atoms with Crippen LogP contribution in [-0.2, 0) is 0 Å². The van der Waals surface area contributed by atoms with Crippen molar-refractivity contribution in [1.29, 1.82) is 0 Å².